The number of hydrogen-bond donors (Lipinski definition) is 1. The largest absolute Gasteiger partial charge is 0.497 e. The second kappa shape index (κ2) is 4.64. The molecule has 0 amide bonds. The van der Waals surface area contributed by atoms with Crippen LogP contribution in [0.1, 0.15) is 11.1 Å². The van der Waals surface area contributed by atoms with Crippen molar-refractivity contribution in [2.24, 2.45) is 10.7 Å². The molecule has 6 heteroatoms. The Morgan fingerprint density at radius 2 is 1.91 bits per heavy atom. The molecule has 2 N–H and O–H groups in total. The Balaban J connectivity index is 2.02. The van der Waals surface area contributed by atoms with Crippen LogP contribution in [0.2, 0.25) is 0 Å². The lowest BCUT2D eigenvalue weighted by Crippen LogP contribution is -2.31. The van der Waals surface area contributed by atoms with Crippen LogP contribution in [0.5, 0.6) is 17.2 Å². The molecule has 0 saturated heterocycles. The number of ether oxygens (including phenoxy) is 3. The van der Waals surface area contributed by atoms with Crippen molar-refractivity contribution in [3.8, 4) is 17.2 Å². The first kappa shape index (κ1) is 13.5. The molecule has 2 heterocycles. The third-order valence-electron chi connectivity index (χ3n) is 3.97. The number of methoxy groups -OCH3 is 1. The number of aliphatic imine (C=N–C) groups is 1. The van der Waals surface area contributed by atoms with Crippen molar-refractivity contribution < 1.29 is 14.2 Å². The molecule has 22 heavy (non-hydrogen) atoms. The lowest BCUT2D eigenvalue weighted by atomic mass is 9.81. The van der Waals surface area contributed by atoms with Crippen molar-refractivity contribution in [2.45, 2.75) is 5.54 Å². The third-order valence-corrected chi connectivity index (χ3v) is 4.46. The van der Waals surface area contributed by atoms with Crippen LogP contribution in [-0.2, 0) is 10.3 Å². The van der Waals surface area contributed by atoms with Crippen LogP contribution < -0.4 is 15.2 Å². The van der Waals surface area contributed by atoms with Crippen LogP contribution in [0, 0.1) is 0 Å². The van der Waals surface area contributed by atoms with Gasteiger partial charge in [0.2, 0.25) is 0 Å². The maximum Gasteiger partial charge on any atom is 0.283 e. The Labute approximate surface area is 135 Å². The molecule has 5 nitrogen and oxygen atoms in total. The number of rotatable bonds is 1. The Morgan fingerprint density at radius 3 is 2.59 bits per heavy atom. The fraction of sp³-hybridized carbons (Fsp3) is 0.188. The molecular weight excluding hydrogens is 348 g/mol. The highest BCUT2D eigenvalue weighted by atomic mass is 79.9. The zero-order valence-corrected chi connectivity index (χ0v) is 13.4. The fourth-order valence-corrected chi connectivity index (χ4v) is 3.29. The van der Waals surface area contributed by atoms with E-state index in [1.54, 1.807) is 7.11 Å². The van der Waals surface area contributed by atoms with Gasteiger partial charge in [-0.2, -0.15) is 0 Å². The number of halogens is 1. The Bertz CT molecular complexity index is 806. The highest BCUT2D eigenvalue weighted by Crippen LogP contribution is 2.52. The maximum absolute atomic E-state index is 6.01. The van der Waals surface area contributed by atoms with E-state index in [2.05, 4.69) is 20.9 Å². The van der Waals surface area contributed by atoms with E-state index < -0.39 is 5.54 Å². The van der Waals surface area contributed by atoms with E-state index in [1.165, 1.54) is 0 Å². The van der Waals surface area contributed by atoms with E-state index in [4.69, 9.17) is 19.9 Å². The van der Waals surface area contributed by atoms with Crippen LogP contribution >= 0.6 is 15.9 Å². The summed E-state index contributed by atoms with van der Waals surface area (Å²) in [4.78, 5) is 4.59. The van der Waals surface area contributed by atoms with Gasteiger partial charge in [-0.1, -0.05) is 15.9 Å². The van der Waals surface area contributed by atoms with Crippen LogP contribution in [0.3, 0.4) is 0 Å². The number of nitrogens with two attached hydrogens (primary N) is 1. The number of amidine groups is 1. The average molecular weight is 361 g/mol. The molecule has 4 rings (SSSR count). The van der Waals surface area contributed by atoms with Gasteiger partial charge in [-0.3, -0.25) is 0 Å². The lowest BCUT2D eigenvalue weighted by Gasteiger charge is -2.33. The average Bonchev–Trinajstić information content (AvgIpc) is 2.91. The molecule has 0 fully saturated rings. The van der Waals surface area contributed by atoms with Gasteiger partial charge in [0.1, 0.15) is 23.9 Å². The molecule has 0 unspecified atom stereocenters. The van der Waals surface area contributed by atoms with Crippen molar-refractivity contribution >= 4 is 22.0 Å². The van der Waals surface area contributed by atoms with E-state index in [9.17, 15) is 0 Å². The van der Waals surface area contributed by atoms with E-state index in [0.29, 0.717) is 6.61 Å². The van der Waals surface area contributed by atoms with Crippen molar-refractivity contribution in [1.82, 2.24) is 0 Å². The fourth-order valence-electron chi connectivity index (χ4n) is 2.93. The molecule has 0 radical (unpaired) electrons. The minimum atomic E-state index is -0.703. The Hall–Kier alpha value is -2.21. The number of nitrogens with zero attached hydrogens (tertiary/aromatic N) is 1. The predicted molar refractivity (Wildman–Crippen MR) is 85.6 cm³/mol. The van der Waals surface area contributed by atoms with Gasteiger partial charge in [0, 0.05) is 15.6 Å². The number of fused-ring (bicyclic) bond motifs is 4. The first-order chi connectivity index (χ1) is 10.6. The maximum atomic E-state index is 6.01. The monoisotopic (exact) mass is 360 g/mol. The summed E-state index contributed by atoms with van der Waals surface area (Å²) in [7, 11) is 1.63. The third kappa shape index (κ3) is 1.80. The van der Waals surface area contributed by atoms with Gasteiger partial charge < -0.3 is 19.9 Å². The van der Waals surface area contributed by atoms with Crippen LogP contribution in [0.4, 0.5) is 0 Å². The molecule has 0 bridgehead atoms. The minimum Gasteiger partial charge on any atom is -0.497 e. The van der Waals surface area contributed by atoms with E-state index in [-0.39, 0.29) is 6.02 Å². The van der Waals surface area contributed by atoms with Crippen LogP contribution in [-0.4, -0.2) is 19.7 Å². The number of benzene rings is 2. The quantitative estimate of drug-likeness (QED) is 0.848. The normalized spacial score (nSPS) is 21.5. The summed E-state index contributed by atoms with van der Waals surface area (Å²) >= 11 is 3.50. The summed E-state index contributed by atoms with van der Waals surface area (Å²) in [6.07, 6.45) is 0. The summed E-state index contributed by atoms with van der Waals surface area (Å²) in [6.45, 7) is 0.339. The first-order valence-electron chi connectivity index (χ1n) is 6.77. The summed E-state index contributed by atoms with van der Waals surface area (Å²) in [5, 5.41) is 0. The molecule has 0 saturated carbocycles. The van der Waals surface area contributed by atoms with Gasteiger partial charge in [0.05, 0.1) is 7.11 Å². The van der Waals surface area contributed by atoms with Gasteiger partial charge in [0.15, 0.2) is 5.54 Å². The minimum absolute atomic E-state index is 0.182. The zero-order chi connectivity index (χ0) is 15.3. The van der Waals surface area contributed by atoms with Crippen molar-refractivity contribution in [1.29, 1.82) is 0 Å². The first-order valence-corrected chi connectivity index (χ1v) is 7.56. The molecule has 112 valence electrons. The molecular formula is C16H13BrN2O3. The predicted octanol–water partition coefficient (Wildman–Crippen LogP) is 3.15. The van der Waals surface area contributed by atoms with Crippen molar-refractivity contribution in [2.75, 3.05) is 13.7 Å². The van der Waals surface area contributed by atoms with Gasteiger partial charge >= 0.3 is 0 Å². The van der Waals surface area contributed by atoms with Gasteiger partial charge in [-0.25, -0.2) is 4.99 Å². The SMILES string of the molecule is COc1ccc2c(c1)[C@]1(COC(N)=N1)c1cc(Br)ccc1O2. The summed E-state index contributed by atoms with van der Waals surface area (Å²) in [5.74, 6) is 2.22. The molecule has 2 aliphatic heterocycles. The highest BCUT2D eigenvalue weighted by Gasteiger charge is 2.47. The second-order valence-corrected chi connectivity index (χ2v) is 6.12. The summed E-state index contributed by atoms with van der Waals surface area (Å²) < 4.78 is 17.8. The standard InChI is InChI=1S/C16H13BrN2O3/c1-20-10-3-5-14-12(7-10)16(8-21-15(18)19-16)11-6-9(17)2-4-13(11)22-14/h2-7H,8H2,1H3,(H2,18,19)/t16-/m0/s1. The van der Waals surface area contributed by atoms with Crippen molar-refractivity contribution in [3.05, 3.63) is 52.0 Å². The molecule has 2 aromatic carbocycles. The van der Waals surface area contributed by atoms with E-state index in [1.807, 2.05) is 36.4 Å². The van der Waals surface area contributed by atoms with E-state index in [0.717, 1.165) is 32.8 Å². The highest BCUT2D eigenvalue weighted by molar-refractivity contribution is 9.10. The Kier molecular flexibility index (Phi) is 2.84. The topological polar surface area (TPSA) is 66.1 Å². The van der Waals surface area contributed by atoms with Gasteiger partial charge in [0.25, 0.3) is 6.02 Å². The zero-order valence-electron chi connectivity index (χ0n) is 11.8. The van der Waals surface area contributed by atoms with Crippen molar-refractivity contribution in [3.63, 3.8) is 0 Å². The molecule has 2 aromatic rings. The number of hydrogen-bond acceptors (Lipinski definition) is 5. The molecule has 0 aromatic heterocycles. The van der Waals surface area contributed by atoms with Crippen LogP contribution in [0.25, 0.3) is 0 Å². The molecule has 1 spiro atoms. The molecule has 1 atom stereocenters. The smallest absolute Gasteiger partial charge is 0.283 e. The molecule has 2 aliphatic rings. The summed E-state index contributed by atoms with van der Waals surface area (Å²) in [6, 6.07) is 11.7. The second-order valence-electron chi connectivity index (χ2n) is 5.20. The Morgan fingerprint density at radius 1 is 1.18 bits per heavy atom. The van der Waals surface area contributed by atoms with Gasteiger partial charge in [-0.15, -0.1) is 0 Å². The van der Waals surface area contributed by atoms with E-state index >= 15 is 0 Å². The lowest BCUT2D eigenvalue weighted by molar-refractivity contribution is 0.264. The summed E-state index contributed by atoms with van der Waals surface area (Å²) in [5.41, 5.74) is 6.91. The van der Waals surface area contributed by atoms with Gasteiger partial charge in [-0.05, 0) is 36.4 Å². The van der Waals surface area contributed by atoms with Crippen LogP contribution in [0.15, 0.2) is 45.9 Å². The molecule has 0 aliphatic carbocycles.